The first kappa shape index (κ1) is 32.5. The van der Waals surface area contributed by atoms with Gasteiger partial charge in [-0.1, -0.05) is 50.2 Å². The Morgan fingerprint density at radius 3 is 1.97 bits per heavy atom. The highest BCUT2D eigenvalue weighted by atomic mass is 16.6. The summed E-state index contributed by atoms with van der Waals surface area (Å²) in [5, 5.41) is 13.6. The molecule has 0 radical (unpaired) electrons. The molecule has 0 bridgehead atoms. The first-order valence-corrected chi connectivity index (χ1v) is 12.4. The quantitative estimate of drug-likeness (QED) is 0.343. The monoisotopic (exact) mass is 537 g/mol. The minimum absolute atomic E-state index is 0.414. The molecular formula is C30H39N3O6. The number of aryl methyl sites for hydroxylation is 2. The molecule has 0 unspecified atom stereocenters. The van der Waals surface area contributed by atoms with Crippen molar-refractivity contribution in [3.05, 3.63) is 89.0 Å². The van der Waals surface area contributed by atoms with Crippen LogP contribution in [0.2, 0.25) is 0 Å². The Morgan fingerprint density at radius 2 is 1.41 bits per heavy atom. The van der Waals surface area contributed by atoms with Crippen LogP contribution in [0.3, 0.4) is 0 Å². The molecule has 0 fully saturated rings. The lowest BCUT2D eigenvalue weighted by molar-refractivity contribution is 0.201. The summed E-state index contributed by atoms with van der Waals surface area (Å²) in [6, 6.07) is 20.5. The van der Waals surface area contributed by atoms with Gasteiger partial charge in [0.05, 0.1) is 0 Å². The summed E-state index contributed by atoms with van der Waals surface area (Å²) in [5.41, 5.74) is 5.03. The van der Waals surface area contributed by atoms with Crippen molar-refractivity contribution >= 4 is 24.0 Å². The maximum Gasteiger partial charge on any atom is 0.412 e. The second-order valence-corrected chi connectivity index (χ2v) is 8.88. The lowest BCUT2D eigenvalue weighted by atomic mass is 10.0. The van der Waals surface area contributed by atoms with Crippen molar-refractivity contribution < 1.29 is 29.0 Å². The van der Waals surface area contributed by atoms with E-state index >= 15 is 0 Å². The van der Waals surface area contributed by atoms with Crippen molar-refractivity contribution in [1.29, 1.82) is 0 Å². The van der Waals surface area contributed by atoms with Crippen molar-refractivity contribution in [3.8, 4) is 11.5 Å². The standard InChI is InChI=1S/C11H15NO2.C10H13NO2.C9H11NO2/c1-8(2)9-5-4-6-10(7-9)12(3)11(13)14;1-7-5-4-6-9(8(7)2)13-10(12)11-3;1-7-4-3-5-8(6-7)12-9(11)10-2/h4-8H,1-3H3,(H,13,14);4-6H,1-3H3,(H,11,12);3-6H,1-2H3,(H,10,11). The van der Waals surface area contributed by atoms with Gasteiger partial charge in [-0.15, -0.1) is 0 Å². The number of carboxylic acid groups (broad SMARTS) is 1. The molecule has 9 nitrogen and oxygen atoms in total. The minimum Gasteiger partial charge on any atom is -0.465 e. The van der Waals surface area contributed by atoms with Gasteiger partial charge in [0, 0.05) is 26.8 Å². The molecule has 0 spiro atoms. The van der Waals surface area contributed by atoms with Gasteiger partial charge in [-0.3, -0.25) is 4.90 Å². The molecule has 39 heavy (non-hydrogen) atoms. The Balaban J connectivity index is 0.000000293. The van der Waals surface area contributed by atoms with Crippen LogP contribution in [0.1, 0.15) is 42.0 Å². The molecule has 9 heteroatoms. The predicted molar refractivity (Wildman–Crippen MR) is 154 cm³/mol. The zero-order chi connectivity index (χ0) is 29.5. The van der Waals surface area contributed by atoms with E-state index in [-0.39, 0.29) is 0 Å². The molecule has 0 aliphatic carbocycles. The third-order valence-corrected chi connectivity index (χ3v) is 5.58. The van der Waals surface area contributed by atoms with Gasteiger partial charge >= 0.3 is 18.3 Å². The molecule has 0 aliphatic heterocycles. The summed E-state index contributed by atoms with van der Waals surface area (Å²) >= 11 is 0. The molecule has 0 aromatic heterocycles. The number of rotatable bonds is 4. The zero-order valence-electron chi connectivity index (χ0n) is 23.9. The van der Waals surface area contributed by atoms with Gasteiger partial charge < -0.3 is 25.2 Å². The Bertz CT molecular complexity index is 1240. The Kier molecular flexibility index (Phi) is 13.6. The Hall–Kier alpha value is -4.53. The van der Waals surface area contributed by atoms with E-state index in [1.807, 2.05) is 63.2 Å². The average molecular weight is 538 g/mol. The molecule has 0 heterocycles. The summed E-state index contributed by atoms with van der Waals surface area (Å²) in [5.74, 6) is 1.59. The highest BCUT2D eigenvalue weighted by Gasteiger charge is 2.09. The zero-order valence-corrected chi connectivity index (χ0v) is 23.9. The molecule has 210 valence electrons. The smallest absolute Gasteiger partial charge is 0.412 e. The lowest BCUT2D eigenvalue weighted by Gasteiger charge is -2.15. The number of carbonyl (C=O) groups excluding carboxylic acids is 2. The molecule has 3 aromatic rings. The normalized spacial score (nSPS) is 9.67. The van der Waals surface area contributed by atoms with Crippen molar-refractivity contribution in [2.45, 2.75) is 40.5 Å². The van der Waals surface area contributed by atoms with Crippen LogP contribution >= 0.6 is 0 Å². The van der Waals surface area contributed by atoms with E-state index in [2.05, 4.69) is 24.5 Å². The van der Waals surface area contributed by atoms with E-state index < -0.39 is 18.3 Å². The maximum atomic E-state index is 10.9. The first-order chi connectivity index (χ1) is 18.4. The number of hydrogen-bond donors (Lipinski definition) is 3. The van der Waals surface area contributed by atoms with Gasteiger partial charge in [-0.2, -0.15) is 0 Å². The fourth-order valence-electron chi connectivity index (χ4n) is 3.03. The summed E-state index contributed by atoms with van der Waals surface area (Å²) in [6.07, 6.45) is -1.82. The van der Waals surface area contributed by atoms with Crippen LogP contribution in [-0.2, 0) is 0 Å². The Morgan fingerprint density at radius 1 is 0.821 bits per heavy atom. The number of nitrogens with one attached hydrogen (secondary N) is 2. The van der Waals surface area contributed by atoms with Crippen LogP contribution in [-0.4, -0.2) is 44.5 Å². The molecule has 0 saturated carbocycles. The SMILES string of the molecule is CC(C)c1cccc(N(C)C(=O)O)c1.CNC(=O)Oc1cccc(C)c1.CNC(=O)Oc1cccc(C)c1C. The molecule has 0 saturated heterocycles. The fourth-order valence-corrected chi connectivity index (χ4v) is 3.03. The Labute approximate surface area is 230 Å². The largest absolute Gasteiger partial charge is 0.465 e. The van der Waals surface area contributed by atoms with E-state index in [1.165, 1.54) is 19.0 Å². The average Bonchev–Trinajstić information content (AvgIpc) is 2.91. The third kappa shape index (κ3) is 11.6. The predicted octanol–water partition coefficient (Wildman–Crippen LogP) is 6.66. The van der Waals surface area contributed by atoms with Crippen LogP contribution in [0.5, 0.6) is 11.5 Å². The highest BCUT2D eigenvalue weighted by Crippen LogP contribution is 2.21. The molecule has 0 aliphatic rings. The van der Waals surface area contributed by atoms with Crippen molar-refractivity contribution in [3.63, 3.8) is 0 Å². The van der Waals surface area contributed by atoms with Crippen molar-refractivity contribution in [1.82, 2.24) is 10.6 Å². The van der Waals surface area contributed by atoms with Crippen LogP contribution in [0.25, 0.3) is 0 Å². The van der Waals surface area contributed by atoms with Crippen molar-refractivity contribution in [2.75, 3.05) is 26.0 Å². The van der Waals surface area contributed by atoms with Gasteiger partial charge in [0.15, 0.2) is 0 Å². The van der Waals surface area contributed by atoms with Crippen LogP contribution < -0.4 is 25.0 Å². The van der Waals surface area contributed by atoms with E-state index in [9.17, 15) is 14.4 Å². The summed E-state index contributed by atoms with van der Waals surface area (Å²) in [6.45, 7) is 10.0. The minimum atomic E-state index is -0.939. The third-order valence-electron chi connectivity index (χ3n) is 5.58. The molecule has 3 amide bonds. The number of benzene rings is 3. The second-order valence-electron chi connectivity index (χ2n) is 8.88. The number of nitrogens with zero attached hydrogens (tertiary/aromatic N) is 1. The van der Waals surface area contributed by atoms with Crippen molar-refractivity contribution in [2.24, 2.45) is 0 Å². The number of ether oxygens (including phenoxy) is 2. The topological polar surface area (TPSA) is 117 Å². The van der Waals surface area contributed by atoms with E-state index in [0.717, 1.165) is 22.3 Å². The van der Waals surface area contributed by atoms with Gasteiger partial charge in [0.2, 0.25) is 0 Å². The van der Waals surface area contributed by atoms with Gasteiger partial charge in [0.25, 0.3) is 0 Å². The molecule has 3 rings (SSSR count). The number of anilines is 1. The maximum absolute atomic E-state index is 10.9. The van der Waals surface area contributed by atoms with E-state index in [0.29, 0.717) is 23.1 Å². The van der Waals surface area contributed by atoms with Gasteiger partial charge in [-0.05, 0) is 79.3 Å². The number of hydrogen-bond acceptors (Lipinski definition) is 5. The van der Waals surface area contributed by atoms with Crippen LogP contribution in [0.15, 0.2) is 66.7 Å². The fraction of sp³-hybridized carbons (Fsp3) is 0.300. The summed E-state index contributed by atoms with van der Waals surface area (Å²) in [7, 11) is 4.60. The van der Waals surface area contributed by atoms with Crippen LogP contribution in [0, 0.1) is 20.8 Å². The highest BCUT2D eigenvalue weighted by molar-refractivity contribution is 5.85. The summed E-state index contributed by atoms with van der Waals surface area (Å²) in [4.78, 5) is 33.6. The van der Waals surface area contributed by atoms with E-state index in [1.54, 1.807) is 31.3 Å². The molecule has 3 N–H and O–H groups in total. The second kappa shape index (κ2) is 16.3. The van der Waals surface area contributed by atoms with E-state index in [4.69, 9.17) is 14.6 Å². The molecule has 3 aromatic carbocycles. The molecule has 0 atom stereocenters. The lowest BCUT2D eigenvalue weighted by Crippen LogP contribution is -2.23. The first-order valence-electron chi connectivity index (χ1n) is 12.4. The van der Waals surface area contributed by atoms with Gasteiger partial charge in [-0.25, -0.2) is 14.4 Å². The van der Waals surface area contributed by atoms with Gasteiger partial charge in [0.1, 0.15) is 11.5 Å². The number of carbonyl (C=O) groups is 3. The summed E-state index contributed by atoms with van der Waals surface area (Å²) < 4.78 is 9.92. The molecular weight excluding hydrogens is 498 g/mol. The number of amides is 3. The van der Waals surface area contributed by atoms with Crippen LogP contribution in [0.4, 0.5) is 20.1 Å².